The second-order valence-electron chi connectivity index (χ2n) is 6.00. The molecule has 1 aliphatic rings. The van der Waals surface area contributed by atoms with Crippen molar-refractivity contribution >= 4 is 0 Å². The Labute approximate surface area is 125 Å². The van der Waals surface area contributed by atoms with E-state index in [1.54, 1.807) is 0 Å². The Balaban J connectivity index is 1.86. The molecule has 1 saturated heterocycles. The lowest BCUT2D eigenvalue weighted by Crippen LogP contribution is -2.28. The summed E-state index contributed by atoms with van der Waals surface area (Å²) in [6.07, 6.45) is 12.2. The van der Waals surface area contributed by atoms with Gasteiger partial charge in [-0.25, -0.2) is 0 Å². The fraction of sp³-hybridized carbons (Fsp3) is 1.00. The van der Waals surface area contributed by atoms with Crippen LogP contribution in [0.25, 0.3) is 0 Å². The molecular weight excluding hydrogens is 250 g/mol. The van der Waals surface area contributed by atoms with Crippen molar-refractivity contribution in [1.82, 2.24) is 5.32 Å². The largest absolute Gasteiger partial charge is 0.379 e. The minimum atomic E-state index is 0.337. The third-order valence-electron chi connectivity index (χ3n) is 3.94. The molecule has 0 aromatic carbocycles. The molecule has 0 bridgehead atoms. The van der Waals surface area contributed by atoms with Crippen LogP contribution >= 0.6 is 0 Å². The van der Waals surface area contributed by atoms with Crippen molar-refractivity contribution in [2.24, 2.45) is 0 Å². The van der Waals surface area contributed by atoms with Gasteiger partial charge in [-0.3, -0.25) is 0 Å². The van der Waals surface area contributed by atoms with Gasteiger partial charge in [0.25, 0.3) is 0 Å². The Hall–Kier alpha value is -0.120. The number of unbranched alkanes of at least 4 members (excludes halogenated alkanes) is 5. The predicted octanol–water partition coefficient (Wildman–Crippen LogP) is 3.91. The average molecular weight is 285 g/mol. The molecule has 0 aliphatic carbocycles. The Morgan fingerprint density at radius 1 is 0.950 bits per heavy atom. The summed E-state index contributed by atoms with van der Waals surface area (Å²) in [6.45, 7) is 8.25. The molecule has 0 aromatic rings. The van der Waals surface area contributed by atoms with Gasteiger partial charge in [0.1, 0.15) is 0 Å². The molecule has 1 aliphatic heterocycles. The first-order chi connectivity index (χ1) is 9.86. The van der Waals surface area contributed by atoms with Crippen LogP contribution < -0.4 is 5.32 Å². The van der Waals surface area contributed by atoms with Crippen molar-refractivity contribution in [3.05, 3.63) is 0 Å². The molecule has 0 aromatic heterocycles. The molecule has 3 heteroatoms. The summed E-state index contributed by atoms with van der Waals surface area (Å²) in [5.74, 6) is 0. The molecule has 0 radical (unpaired) electrons. The number of nitrogens with one attached hydrogen (secondary N) is 1. The SMILES string of the molecule is CCCCCCCCOCC1CCC(CNCCC)O1. The van der Waals surface area contributed by atoms with Crippen molar-refractivity contribution in [1.29, 1.82) is 0 Å². The molecule has 120 valence electrons. The van der Waals surface area contributed by atoms with Gasteiger partial charge < -0.3 is 14.8 Å². The van der Waals surface area contributed by atoms with Crippen LogP contribution in [0.5, 0.6) is 0 Å². The quantitative estimate of drug-likeness (QED) is 0.520. The summed E-state index contributed by atoms with van der Waals surface area (Å²) >= 11 is 0. The topological polar surface area (TPSA) is 30.5 Å². The molecule has 2 atom stereocenters. The standard InChI is InChI=1S/C17H35NO2/c1-3-5-6-7-8-9-13-19-15-17-11-10-16(20-17)14-18-12-4-2/h16-18H,3-15H2,1-2H3. The molecule has 1 rings (SSSR count). The summed E-state index contributed by atoms with van der Waals surface area (Å²) in [5, 5.41) is 3.43. The Kier molecular flexibility index (Phi) is 11.3. The van der Waals surface area contributed by atoms with E-state index in [1.807, 2.05) is 0 Å². The highest BCUT2D eigenvalue weighted by Crippen LogP contribution is 2.19. The summed E-state index contributed by atoms with van der Waals surface area (Å²) in [7, 11) is 0. The second-order valence-corrected chi connectivity index (χ2v) is 6.00. The number of hydrogen-bond donors (Lipinski definition) is 1. The lowest BCUT2D eigenvalue weighted by atomic mass is 10.1. The van der Waals surface area contributed by atoms with Gasteiger partial charge >= 0.3 is 0 Å². The third-order valence-corrected chi connectivity index (χ3v) is 3.94. The molecule has 2 unspecified atom stereocenters. The van der Waals surface area contributed by atoms with E-state index >= 15 is 0 Å². The van der Waals surface area contributed by atoms with Crippen LogP contribution in [-0.2, 0) is 9.47 Å². The first-order valence-corrected chi connectivity index (χ1v) is 8.80. The van der Waals surface area contributed by atoms with Gasteiger partial charge in [-0.15, -0.1) is 0 Å². The zero-order valence-electron chi connectivity index (χ0n) is 13.7. The van der Waals surface area contributed by atoms with E-state index in [9.17, 15) is 0 Å². The predicted molar refractivity (Wildman–Crippen MR) is 85.3 cm³/mol. The average Bonchev–Trinajstić information content (AvgIpc) is 2.90. The summed E-state index contributed by atoms with van der Waals surface area (Å²) in [6, 6.07) is 0. The molecule has 1 N–H and O–H groups in total. The Morgan fingerprint density at radius 3 is 2.50 bits per heavy atom. The molecule has 0 spiro atoms. The lowest BCUT2D eigenvalue weighted by Gasteiger charge is -2.14. The van der Waals surface area contributed by atoms with Gasteiger partial charge in [0.2, 0.25) is 0 Å². The molecule has 3 nitrogen and oxygen atoms in total. The van der Waals surface area contributed by atoms with E-state index in [1.165, 1.54) is 51.4 Å². The maximum atomic E-state index is 5.98. The number of rotatable bonds is 13. The van der Waals surface area contributed by atoms with Crippen LogP contribution in [-0.4, -0.2) is 38.5 Å². The molecule has 0 saturated carbocycles. The highest BCUT2D eigenvalue weighted by Gasteiger charge is 2.24. The highest BCUT2D eigenvalue weighted by atomic mass is 16.5. The van der Waals surface area contributed by atoms with Gasteiger partial charge in [-0.1, -0.05) is 46.0 Å². The normalized spacial score (nSPS) is 22.5. The second kappa shape index (κ2) is 12.6. The monoisotopic (exact) mass is 285 g/mol. The van der Waals surface area contributed by atoms with Gasteiger partial charge in [0.15, 0.2) is 0 Å². The van der Waals surface area contributed by atoms with Crippen molar-refractivity contribution in [2.75, 3.05) is 26.3 Å². The summed E-state index contributed by atoms with van der Waals surface area (Å²) in [4.78, 5) is 0. The van der Waals surface area contributed by atoms with E-state index in [0.29, 0.717) is 12.2 Å². The van der Waals surface area contributed by atoms with Crippen molar-refractivity contribution in [2.45, 2.75) is 83.8 Å². The molecule has 1 heterocycles. The summed E-state index contributed by atoms with van der Waals surface area (Å²) < 4.78 is 11.7. The first-order valence-electron chi connectivity index (χ1n) is 8.80. The lowest BCUT2D eigenvalue weighted by molar-refractivity contribution is -0.0149. The molecule has 0 amide bonds. The molecule has 20 heavy (non-hydrogen) atoms. The van der Waals surface area contributed by atoms with Crippen LogP contribution in [0, 0.1) is 0 Å². The maximum absolute atomic E-state index is 5.98. The van der Waals surface area contributed by atoms with Gasteiger partial charge in [0, 0.05) is 13.2 Å². The minimum Gasteiger partial charge on any atom is -0.379 e. The van der Waals surface area contributed by atoms with Crippen LogP contribution in [0.1, 0.15) is 71.6 Å². The van der Waals surface area contributed by atoms with Crippen molar-refractivity contribution in [3.63, 3.8) is 0 Å². The molecule has 1 fully saturated rings. The zero-order chi connectivity index (χ0) is 14.5. The Morgan fingerprint density at radius 2 is 1.70 bits per heavy atom. The van der Waals surface area contributed by atoms with E-state index in [2.05, 4.69) is 19.2 Å². The van der Waals surface area contributed by atoms with Crippen molar-refractivity contribution in [3.8, 4) is 0 Å². The fourth-order valence-corrected chi connectivity index (χ4v) is 2.69. The smallest absolute Gasteiger partial charge is 0.0813 e. The van der Waals surface area contributed by atoms with E-state index in [4.69, 9.17) is 9.47 Å². The van der Waals surface area contributed by atoms with Crippen molar-refractivity contribution < 1.29 is 9.47 Å². The van der Waals surface area contributed by atoms with Gasteiger partial charge in [-0.2, -0.15) is 0 Å². The van der Waals surface area contributed by atoms with Crippen LogP contribution in [0.4, 0.5) is 0 Å². The fourth-order valence-electron chi connectivity index (χ4n) is 2.69. The van der Waals surface area contributed by atoms with E-state index in [0.717, 1.165) is 32.7 Å². The minimum absolute atomic E-state index is 0.337. The highest BCUT2D eigenvalue weighted by molar-refractivity contribution is 4.75. The van der Waals surface area contributed by atoms with E-state index < -0.39 is 0 Å². The van der Waals surface area contributed by atoms with Crippen LogP contribution in [0.3, 0.4) is 0 Å². The third kappa shape index (κ3) is 8.93. The molecular formula is C17H35NO2. The van der Waals surface area contributed by atoms with Crippen LogP contribution in [0.2, 0.25) is 0 Å². The Bertz CT molecular complexity index is 211. The van der Waals surface area contributed by atoms with Crippen LogP contribution in [0.15, 0.2) is 0 Å². The maximum Gasteiger partial charge on any atom is 0.0813 e. The van der Waals surface area contributed by atoms with E-state index in [-0.39, 0.29) is 0 Å². The number of ether oxygens (including phenoxy) is 2. The van der Waals surface area contributed by atoms with Gasteiger partial charge in [-0.05, 0) is 32.2 Å². The summed E-state index contributed by atoms with van der Waals surface area (Å²) in [5.41, 5.74) is 0. The zero-order valence-corrected chi connectivity index (χ0v) is 13.7. The van der Waals surface area contributed by atoms with Gasteiger partial charge in [0.05, 0.1) is 18.8 Å². The number of hydrogen-bond acceptors (Lipinski definition) is 3. The first kappa shape index (κ1) is 17.9.